The third-order valence-corrected chi connectivity index (χ3v) is 3.37. The van der Waals surface area contributed by atoms with Gasteiger partial charge in [-0.2, -0.15) is 5.10 Å². The summed E-state index contributed by atoms with van der Waals surface area (Å²) in [4.78, 5) is 12.1. The van der Waals surface area contributed by atoms with E-state index >= 15 is 0 Å². The van der Waals surface area contributed by atoms with Gasteiger partial charge < -0.3 is 9.47 Å². The van der Waals surface area contributed by atoms with Crippen LogP contribution in [0.15, 0.2) is 59.7 Å². The molecule has 0 heterocycles. The zero-order valence-corrected chi connectivity index (χ0v) is 14.7. The van der Waals surface area contributed by atoms with Gasteiger partial charge in [-0.3, -0.25) is 4.79 Å². The number of methoxy groups -OCH3 is 1. The molecule has 0 aromatic heterocycles. The minimum absolute atomic E-state index is 0.267. The van der Waals surface area contributed by atoms with E-state index in [-0.39, 0.29) is 5.91 Å². The fourth-order valence-electron chi connectivity index (χ4n) is 2.07. The Bertz CT molecular complexity index is 765. The number of carbonyl (C=O) groups is 1. The lowest BCUT2D eigenvalue weighted by atomic mass is 10.2. The molecular formula is C20H22N2O3. The average Bonchev–Trinajstić information content (AvgIpc) is 2.65. The van der Waals surface area contributed by atoms with Crippen LogP contribution in [0.25, 0.3) is 6.08 Å². The number of rotatable bonds is 7. The van der Waals surface area contributed by atoms with Gasteiger partial charge in [0.1, 0.15) is 11.5 Å². The quantitative estimate of drug-likeness (QED) is 0.615. The summed E-state index contributed by atoms with van der Waals surface area (Å²) in [6, 6.07) is 14.6. The van der Waals surface area contributed by atoms with Gasteiger partial charge in [-0.05, 0) is 61.9 Å². The smallest absolute Gasteiger partial charge is 0.271 e. The molecule has 0 atom stereocenters. The molecule has 0 aliphatic heterocycles. The standard InChI is InChI=1S/C20H22N2O3/c1-4-25-18-12-10-17(11-13-18)20(23)22-21-15(2)8-9-16-6-5-7-19(14-16)24-3/h5-14H,4H2,1-3H3,(H,22,23)/b9-8+,21-15-. The van der Waals surface area contributed by atoms with Gasteiger partial charge in [0.25, 0.3) is 5.91 Å². The van der Waals surface area contributed by atoms with Crippen LogP contribution in [0.4, 0.5) is 0 Å². The number of benzene rings is 2. The molecule has 0 fully saturated rings. The summed E-state index contributed by atoms with van der Waals surface area (Å²) in [6.07, 6.45) is 3.73. The zero-order valence-electron chi connectivity index (χ0n) is 14.7. The minimum Gasteiger partial charge on any atom is -0.497 e. The summed E-state index contributed by atoms with van der Waals surface area (Å²) < 4.78 is 10.5. The monoisotopic (exact) mass is 338 g/mol. The van der Waals surface area contributed by atoms with Crippen molar-refractivity contribution in [1.29, 1.82) is 0 Å². The Morgan fingerprint density at radius 1 is 1.16 bits per heavy atom. The van der Waals surface area contributed by atoms with Crippen LogP contribution in [0, 0.1) is 0 Å². The number of carbonyl (C=O) groups excluding carboxylic acids is 1. The maximum Gasteiger partial charge on any atom is 0.271 e. The molecule has 130 valence electrons. The van der Waals surface area contributed by atoms with Gasteiger partial charge in [0.05, 0.1) is 19.4 Å². The van der Waals surface area contributed by atoms with Crippen LogP contribution in [0.2, 0.25) is 0 Å². The second-order valence-corrected chi connectivity index (χ2v) is 5.26. The number of allylic oxidation sites excluding steroid dienone is 1. The lowest BCUT2D eigenvalue weighted by molar-refractivity contribution is 0.0955. The van der Waals surface area contributed by atoms with Gasteiger partial charge in [0, 0.05) is 5.56 Å². The summed E-state index contributed by atoms with van der Waals surface area (Å²) >= 11 is 0. The molecular weight excluding hydrogens is 316 g/mol. The zero-order chi connectivity index (χ0) is 18.1. The Labute approximate surface area is 148 Å². The lowest BCUT2D eigenvalue weighted by Gasteiger charge is -2.04. The normalized spacial score (nSPS) is 11.4. The SMILES string of the molecule is CCOc1ccc(C(=O)N/N=C(C)\C=C\c2cccc(OC)c2)cc1. The van der Waals surface area contributed by atoms with Crippen molar-refractivity contribution < 1.29 is 14.3 Å². The van der Waals surface area contributed by atoms with Gasteiger partial charge >= 0.3 is 0 Å². The lowest BCUT2D eigenvalue weighted by Crippen LogP contribution is -2.18. The number of hydrogen-bond acceptors (Lipinski definition) is 4. The van der Waals surface area contributed by atoms with E-state index in [0.29, 0.717) is 17.9 Å². The molecule has 0 aliphatic rings. The summed E-state index contributed by atoms with van der Waals surface area (Å²) in [6.45, 7) is 4.32. The van der Waals surface area contributed by atoms with Crippen LogP contribution in [-0.4, -0.2) is 25.3 Å². The largest absolute Gasteiger partial charge is 0.497 e. The van der Waals surface area contributed by atoms with Crippen molar-refractivity contribution in [3.63, 3.8) is 0 Å². The highest BCUT2D eigenvalue weighted by atomic mass is 16.5. The van der Waals surface area contributed by atoms with Crippen molar-refractivity contribution >= 4 is 17.7 Å². The Balaban J connectivity index is 1.95. The van der Waals surface area contributed by atoms with Crippen LogP contribution in [0.3, 0.4) is 0 Å². The molecule has 2 aromatic rings. The van der Waals surface area contributed by atoms with Crippen molar-refractivity contribution in [2.75, 3.05) is 13.7 Å². The Morgan fingerprint density at radius 2 is 1.92 bits per heavy atom. The first kappa shape index (κ1) is 18.3. The maximum atomic E-state index is 12.1. The van der Waals surface area contributed by atoms with E-state index in [9.17, 15) is 4.79 Å². The first-order chi connectivity index (χ1) is 12.1. The molecule has 0 radical (unpaired) electrons. The Kier molecular flexibility index (Phi) is 6.77. The fraction of sp³-hybridized carbons (Fsp3) is 0.200. The average molecular weight is 338 g/mol. The van der Waals surface area contributed by atoms with Crippen molar-refractivity contribution in [2.24, 2.45) is 5.10 Å². The van der Waals surface area contributed by atoms with Crippen LogP contribution >= 0.6 is 0 Å². The molecule has 0 aliphatic carbocycles. The number of hydrogen-bond donors (Lipinski definition) is 1. The van der Waals surface area contributed by atoms with Crippen molar-refractivity contribution in [3.8, 4) is 11.5 Å². The van der Waals surface area contributed by atoms with Crippen LogP contribution in [0.5, 0.6) is 11.5 Å². The van der Waals surface area contributed by atoms with E-state index < -0.39 is 0 Å². The molecule has 0 saturated carbocycles. The van der Waals surface area contributed by atoms with Gasteiger partial charge in [-0.15, -0.1) is 0 Å². The van der Waals surface area contributed by atoms with E-state index in [1.807, 2.05) is 50.3 Å². The number of hydrazone groups is 1. The first-order valence-electron chi connectivity index (χ1n) is 8.02. The summed E-state index contributed by atoms with van der Waals surface area (Å²) in [5, 5.41) is 4.08. The topological polar surface area (TPSA) is 59.9 Å². The molecule has 5 nitrogen and oxygen atoms in total. The van der Waals surface area contributed by atoms with Crippen molar-refractivity contribution in [1.82, 2.24) is 5.43 Å². The van der Waals surface area contributed by atoms with E-state index in [4.69, 9.17) is 9.47 Å². The van der Waals surface area contributed by atoms with E-state index in [1.165, 1.54) is 0 Å². The van der Waals surface area contributed by atoms with Gasteiger partial charge in [0.15, 0.2) is 0 Å². The highest BCUT2D eigenvalue weighted by Gasteiger charge is 2.04. The molecule has 0 unspecified atom stereocenters. The van der Waals surface area contributed by atoms with Gasteiger partial charge in [-0.25, -0.2) is 5.43 Å². The molecule has 1 amide bonds. The Hall–Kier alpha value is -3.08. The van der Waals surface area contributed by atoms with Crippen molar-refractivity contribution in [3.05, 3.63) is 65.7 Å². The Morgan fingerprint density at radius 3 is 2.60 bits per heavy atom. The van der Waals surface area contributed by atoms with Crippen LogP contribution in [-0.2, 0) is 0 Å². The van der Waals surface area contributed by atoms with Gasteiger partial charge in [-0.1, -0.05) is 18.2 Å². The molecule has 0 spiro atoms. The molecule has 0 saturated heterocycles. The third kappa shape index (κ3) is 5.80. The first-order valence-corrected chi connectivity index (χ1v) is 8.02. The summed E-state index contributed by atoms with van der Waals surface area (Å²) in [5.74, 6) is 1.26. The molecule has 5 heteroatoms. The number of ether oxygens (including phenoxy) is 2. The number of nitrogens with zero attached hydrogens (tertiary/aromatic N) is 1. The van der Waals surface area contributed by atoms with Crippen LogP contribution in [0.1, 0.15) is 29.8 Å². The highest BCUT2D eigenvalue weighted by Crippen LogP contribution is 2.14. The minimum atomic E-state index is -0.267. The highest BCUT2D eigenvalue weighted by molar-refractivity contribution is 5.99. The molecule has 25 heavy (non-hydrogen) atoms. The van der Waals surface area contributed by atoms with Crippen LogP contribution < -0.4 is 14.9 Å². The molecule has 2 aromatic carbocycles. The third-order valence-electron chi connectivity index (χ3n) is 3.37. The molecule has 2 rings (SSSR count). The van der Waals surface area contributed by atoms with E-state index in [0.717, 1.165) is 17.1 Å². The molecule has 0 bridgehead atoms. The fourth-order valence-corrected chi connectivity index (χ4v) is 2.07. The number of nitrogens with one attached hydrogen (secondary N) is 1. The summed E-state index contributed by atoms with van der Waals surface area (Å²) in [7, 11) is 1.63. The van der Waals surface area contributed by atoms with E-state index in [2.05, 4.69) is 10.5 Å². The maximum absolute atomic E-state index is 12.1. The number of amides is 1. The van der Waals surface area contributed by atoms with E-state index in [1.54, 1.807) is 31.4 Å². The second-order valence-electron chi connectivity index (χ2n) is 5.26. The van der Waals surface area contributed by atoms with Gasteiger partial charge in [0.2, 0.25) is 0 Å². The van der Waals surface area contributed by atoms with Crippen molar-refractivity contribution in [2.45, 2.75) is 13.8 Å². The second kappa shape index (κ2) is 9.27. The summed E-state index contributed by atoms with van der Waals surface area (Å²) in [5.41, 5.74) is 4.74. The predicted octanol–water partition coefficient (Wildman–Crippen LogP) is 3.91. The molecule has 1 N–H and O–H groups in total. The predicted molar refractivity (Wildman–Crippen MR) is 100 cm³/mol.